The average molecular weight is 237 g/mol. The van der Waals surface area contributed by atoms with Crippen LogP contribution in [0, 0.1) is 5.92 Å². The van der Waals surface area contributed by atoms with Gasteiger partial charge >= 0.3 is 6.18 Å². The van der Waals surface area contributed by atoms with E-state index in [4.69, 9.17) is 0 Å². The maximum absolute atomic E-state index is 12.3. The number of carbonyl (C=O) groups is 1. The fourth-order valence-corrected chi connectivity index (χ4v) is 2.30. The van der Waals surface area contributed by atoms with Gasteiger partial charge < -0.3 is 0 Å². The zero-order valence-electron chi connectivity index (χ0n) is 9.84. The smallest absolute Gasteiger partial charge is 0.299 e. The molecule has 1 rings (SSSR count). The minimum Gasteiger partial charge on any atom is -0.299 e. The molecular formula is C11H18F3NO. The first-order valence-electron chi connectivity index (χ1n) is 5.57. The third kappa shape index (κ3) is 3.20. The van der Waals surface area contributed by atoms with Crippen LogP contribution < -0.4 is 0 Å². The summed E-state index contributed by atoms with van der Waals surface area (Å²) in [5.41, 5.74) is 0. The molecule has 0 aliphatic carbocycles. The number of ketones is 1. The Morgan fingerprint density at radius 1 is 1.44 bits per heavy atom. The summed E-state index contributed by atoms with van der Waals surface area (Å²) >= 11 is 0. The van der Waals surface area contributed by atoms with Gasteiger partial charge in [0.05, 0.1) is 6.42 Å². The number of piperidine rings is 1. The number of Topliss-reactive ketones (excluding diaryl/α,β-unsaturated/α-hetero) is 1. The van der Waals surface area contributed by atoms with Gasteiger partial charge in [-0.3, -0.25) is 9.69 Å². The van der Waals surface area contributed by atoms with E-state index in [0.29, 0.717) is 13.0 Å². The minimum absolute atomic E-state index is 0.0985. The summed E-state index contributed by atoms with van der Waals surface area (Å²) in [6.07, 6.45) is -4.57. The quantitative estimate of drug-likeness (QED) is 0.735. The van der Waals surface area contributed by atoms with Gasteiger partial charge in [0.2, 0.25) is 0 Å². The van der Waals surface area contributed by atoms with Crippen molar-refractivity contribution in [2.75, 3.05) is 6.54 Å². The Morgan fingerprint density at radius 3 is 2.50 bits per heavy atom. The van der Waals surface area contributed by atoms with Crippen LogP contribution >= 0.6 is 0 Å². The van der Waals surface area contributed by atoms with Crippen molar-refractivity contribution in [3.63, 3.8) is 0 Å². The predicted octanol–water partition coefficient (Wildman–Crippen LogP) is 2.63. The van der Waals surface area contributed by atoms with E-state index in [0.717, 1.165) is 0 Å². The molecule has 0 amide bonds. The van der Waals surface area contributed by atoms with E-state index >= 15 is 0 Å². The molecule has 5 heteroatoms. The zero-order chi connectivity index (χ0) is 12.5. The molecule has 0 spiro atoms. The van der Waals surface area contributed by atoms with Gasteiger partial charge in [-0.05, 0) is 13.8 Å². The van der Waals surface area contributed by atoms with E-state index in [1.54, 1.807) is 18.7 Å². The number of nitrogens with zero attached hydrogens (tertiary/aromatic N) is 1. The Labute approximate surface area is 93.8 Å². The second kappa shape index (κ2) is 4.73. The number of carbonyl (C=O) groups excluding carboxylic acids is 1. The lowest BCUT2D eigenvalue weighted by Crippen LogP contribution is -2.51. The van der Waals surface area contributed by atoms with Crippen LogP contribution in [0.25, 0.3) is 0 Å². The third-order valence-corrected chi connectivity index (χ3v) is 3.46. The van der Waals surface area contributed by atoms with Crippen LogP contribution in [-0.4, -0.2) is 35.5 Å². The molecule has 0 radical (unpaired) electrons. The molecular weight excluding hydrogens is 219 g/mol. The summed E-state index contributed by atoms with van der Waals surface area (Å²) in [7, 11) is 0. The lowest BCUT2D eigenvalue weighted by Gasteiger charge is -2.41. The van der Waals surface area contributed by atoms with Gasteiger partial charge in [-0.2, -0.15) is 13.2 Å². The normalized spacial score (nSPS) is 30.5. The highest BCUT2D eigenvalue weighted by Crippen LogP contribution is 2.28. The standard InChI is InChI=1S/C11H18F3NO/c1-7(6-11(12,13)14)15-5-4-10(16)8(2)9(15)3/h7-9H,4-6H2,1-3H3. The molecule has 1 aliphatic rings. The van der Waals surface area contributed by atoms with Gasteiger partial charge in [0.25, 0.3) is 0 Å². The number of alkyl halides is 3. The number of hydrogen-bond donors (Lipinski definition) is 0. The van der Waals surface area contributed by atoms with Gasteiger partial charge in [-0.15, -0.1) is 0 Å². The largest absolute Gasteiger partial charge is 0.390 e. The Hall–Kier alpha value is -0.580. The van der Waals surface area contributed by atoms with Gasteiger partial charge in [0.15, 0.2) is 0 Å². The van der Waals surface area contributed by atoms with E-state index in [1.807, 2.05) is 6.92 Å². The van der Waals surface area contributed by atoms with Crippen molar-refractivity contribution >= 4 is 5.78 Å². The highest BCUT2D eigenvalue weighted by atomic mass is 19.4. The van der Waals surface area contributed by atoms with Crippen LogP contribution in [0.2, 0.25) is 0 Å². The van der Waals surface area contributed by atoms with Gasteiger partial charge in [0, 0.05) is 31.0 Å². The van der Waals surface area contributed by atoms with E-state index < -0.39 is 18.6 Å². The summed E-state index contributed by atoms with van der Waals surface area (Å²) in [5, 5.41) is 0. The van der Waals surface area contributed by atoms with Crippen molar-refractivity contribution in [2.24, 2.45) is 5.92 Å². The van der Waals surface area contributed by atoms with Crippen molar-refractivity contribution in [1.82, 2.24) is 4.90 Å². The number of rotatable bonds is 2. The molecule has 0 N–H and O–H groups in total. The van der Waals surface area contributed by atoms with Crippen LogP contribution in [0.1, 0.15) is 33.6 Å². The van der Waals surface area contributed by atoms with Crippen molar-refractivity contribution < 1.29 is 18.0 Å². The summed E-state index contributed by atoms with van der Waals surface area (Å²) in [6, 6.07) is -0.649. The van der Waals surface area contributed by atoms with Crippen molar-refractivity contribution in [2.45, 2.75) is 51.9 Å². The summed E-state index contributed by atoms with van der Waals surface area (Å²) in [6.45, 7) is 5.64. The highest BCUT2D eigenvalue weighted by Gasteiger charge is 2.38. The molecule has 1 saturated heterocycles. The average Bonchev–Trinajstić information content (AvgIpc) is 2.11. The lowest BCUT2D eigenvalue weighted by molar-refractivity contribution is -0.151. The Morgan fingerprint density at radius 2 is 2.00 bits per heavy atom. The van der Waals surface area contributed by atoms with Crippen molar-refractivity contribution in [1.29, 1.82) is 0 Å². The summed E-state index contributed by atoms with van der Waals surface area (Å²) in [5.74, 6) is -0.00704. The fraction of sp³-hybridized carbons (Fsp3) is 0.909. The van der Waals surface area contributed by atoms with Crippen molar-refractivity contribution in [3.8, 4) is 0 Å². The third-order valence-electron chi connectivity index (χ3n) is 3.46. The molecule has 0 aromatic rings. The van der Waals surface area contributed by atoms with Crippen LogP contribution in [-0.2, 0) is 4.79 Å². The first-order chi connectivity index (χ1) is 7.22. The maximum Gasteiger partial charge on any atom is 0.390 e. The lowest BCUT2D eigenvalue weighted by atomic mass is 9.89. The molecule has 94 valence electrons. The predicted molar refractivity (Wildman–Crippen MR) is 55.1 cm³/mol. The van der Waals surface area contributed by atoms with E-state index in [-0.39, 0.29) is 17.7 Å². The molecule has 2 nitrogen and oxygen atoms in total. The van der Waals surface area contributed by atoms with Crippen LogP contribution in [0.5, 0.6) is 0 Å². The van der Waals surface area contributed by atoms with E-state index in [1.165, 1.54) is 0 Å². The number of halogens is 3. The van der Waals surface area contributed by atoms with Gasteiger partial charge in [-0.1, -0.05) is 6.92 Å². The van der Waals surface area contributed by atoms with Crippen LogP contribution in [0.15, 0.2) is 0 Å². The minimum atomic E-state index is -4.14. The first kappa shape index (κ1) is 13.5. The Bertz CT molecular complexity index is 264. The highest BCUT2D eigenvalue weighted by molar-refractivity contribution is 5.82. The Kier molecular flexibility index (Phi) is 3.99. The van der Waals surface area contributed by atoms with E-state index in [9.17, 15) is 18.0 Å². The molecule has 0 aromatic carbocycles. The van der Waals surface area contributed by atoms with Crippen LogP contribution in [0.3, 0.4) is 0 Å². The topological polar surface area (TPSA) is 20.3 Å². The van der Waals surface area contributed by atoms with Crippen LogP contribution in [0.4, 0.5) is 13.2 Å². The monoisotopic (exact) mass is 237 g/mol. The summed E-state index contributed by atoms with van der Waals surface area (Å²) < 4.78 is 36.8. The number of likely N-dealkylation sites (tertiary alicyclic amines) is 1. The zero-order valence-corrected chi connectivity index (χ0v) is 9.84. The molecule has 3 unspecified atom stereocenters. The van der Waals surface area contributed by atoms with Gasteiger partial charge in [-0.25, -0.2) is 0 Å². The molecule has 1 aliphatic heterocycles. The molecule has 0 saturated carbocycles. The molecule has 0 bridgehead atoms. The SMILES string of the molecule is CC1C(=O)CCN(C(C)CC(F)(F)F)C1C. The molecule has 0 aromatic heterocycles. The Balaban J connectivity index is 2.63. The second-order valence-corrected chi connectivity index (χ2v) is 4.65. The van der Waals surface area contributed by atoms with Crippen molar-refractivity contribution in [3.05, 3.63) is 0 Å². The fourth-order valence-electron chi connectivity index (χ4n) is 2.30. The second-order valence-electron chi connectivity index (χ2n) is 4.65. The number of hydrogen-bond acceptors (Lipinski definition) is 2. The first-order valence-corrected chi connectivity index (χ1v) is 5.57. The molecule has 16 heavy (non-hydrogen) atoms. The molecule has 1 heterocycles. The van der Waals surface area contributed by atoms with Gasteiger partial charge in [0.1, 0.15) is 5.78 Å². The molecule has 3 atom stereocenters. The summed E-state index contributed by atoms with van der Waals surface area (Å²) in [4.78, 5) is 13.2. The van der Waals surface area contributed by atoms with E-state index in [2.05, 4.69) is 0 Å². The molecule has 1 fully saturated rings. The maximum atomic E-state index is 12.3.